The molecule has 0 fully saturated rings. The van der Waals surface area contributed by atoms with E-state index in [0.717, 1.165) is 31.5 Å². The molecule has 1 heterocycles. The number of nitrogen functional groups attached to an aromatic ring is 1. The molecule has 0 aliphatic carbocycles. The van der Waals surface area contributed by atoms with Crippen molar-refractivity contribution in [3.63, 3.8) is 0 Å². The topological polar surface area (TPSA) is 54.7 Å². The number of nitrogens with zero attached hydrogens (tertiary/aromatic N) is 2. The number of aryl methyl sites for hydroxylation is 1. The van der Waals surface area contributed by atoms with Crippen LogP contribution in [0.4, 0.5) is 5.69 Å². The highest BCUT2D eigenvalue weighted by molar-refractivity contribution is 5.83. The summed E-state index contributed by atoms with van der Waals surface area (Å²) in [5, 5.41) is 10.2. The summed E-state index contributed by atoms with van der Waals surface area (Å²) in [4.78, 5) is 0. The number of hydrogen-bond donors (Lipinski definition) is 1. The van der Waals surface area contributed by atoms with Gasteiger partial charge in [0.05, 0.1) is 11.5 Å². The van der Waals surface area contributed by atoms with E-state index in [0.29, 0.717) is 0 Å². The molecule has 3 heteroatoms. The lowest BCUT2D eigenvalue weighted by Gasteiger charge is -2.14. The summed E-state index contributed by atoms with van der Waals surface area (Å²) in [6.07, 6.45) is 5.24. The summed E-state index contributed by atoms with van der Waals surface area (Å²) >= 11 is 0. The highest BCUT2D eigenvalue weighted by Crippen LogP contribution is 2.23. The van der Waals surface area contributed by atoms with Gasteiger partial charge in [0.2, 0.25) is 0 Å². The van der Waals surface area contributed by atoms with Crippen LogP contribution in [-0.2, 0) is 6.54 Å². The van der Waals surface area contributed by atoms with Gasteiger partial charge in [0.1, 0.15) is 0 Å². The molecule has 0 spiro atoms. The molecular formula is C16H21N3. The van der Waals surface area contributed by atoms with Crippen molar-refractivity contribution >= 4 is 16.6 Å². The van der Waals surface area contributed by atoms with Crippen molar-refractivity contribution in [2.45, 2.75) is 39.7 Å². The number of nitrogens with two attached hydrogens (primary N) is 1. The van der Waals surface area contributed by atoms with Crippen LogP contribution in [-0.4, -0.2) is 4.57 Å². The van der Waals surface area contributed by atoms with Crippen LogP contribution in [0.5, 0.6) is 0 Å². The van der Waals surface area contributed by atoms with Gasteiger partial charge < -0.3 is 10.3 Å². The van der Waals surface area contributed by atoms with Crippen LogP contribution in [0.2, 0.25) is 0 Å². The van der Waals surface area contributed by atoms with E-state index in [1.54, 1.807) is 0 Å². The van der Waals surface area contributed by atoms with Crippen molar-refractivity contribution in [1.82, 2.24) is 4.57 Å². The third-order valence-corrected chi connectivity index (χ3v) is 3.55. The minimum Gasteiger partial charge on any atom is -0.399 e. The fourth-order valence-electron chi connectivity index (χ4n) is 2.32. The molecule has 2 rings (SSSR count). The summed E-state index contributed by atoms with van der Waals surface area (Å²) in [5.74, 6) is 0. The highest BCUT2D eigenvalue weighted by atomic mass is 14.9. The zero-order chi connectivity index (χ0) is 13.9. The molecule has 0 amide bonds. The Balaban J connectivity index is 1.94. The molecule has 0 aliphatic heterocycles. The van der Waals surface area contributed by atoms with E-state index in [1.165, 1.54) is 10.9 Å². The zero-order valence-corrected chi connectivity index (χ0v) is 11.7. The largest absolute Gasteiger partial charge is 0.399 e. The van der Waals surface area contributed by atoms with Crippen LogP contribution < -0.4 is 5.73 Å². The second kappa shape index (κ2) is 5.36. The average Bonchev–Trinajstić information content (AvgIpc) is 2.77. The van der Waals surface area contributed by atoms with Gasteiger partial charge >= 0.3 is 0 Å². The van der Waals surface area contributed by atoms with Gasteiger partial charge in [-0.1, -0.05) is 6.42 Å². The molecule has 2 N–H and O–H groups in total. The zero-order valence-electron chi connectivity index (χ0n) is 11.7. The molecule has 3 nitrogen and oxygen atoms in total. The lowest BCUT2D eigenvalue weighted by molar-refractivity contribution is 0.418. The quantitative estimate of drug-likeness (QED) is 0.649. The maximum Gasteiger partial charge on any atom is 0.0683 e. The molecular weight excluding hydrogens is 234 g/mol. The summed E-state index contributed by atoms with van der Waals surface area (Å²) in [5.41, 5.74) is 7.61. The van der Waals surface area contributed by atoms with Crippen molar-refractivity contribution in [3.8, 4) is 6.07 Å². The Kier molecular flexibility index (Phi) is 3.80. The third kappa shape index (κ3) is 3.29. The predicted molar refractivity (Wildman–Crippen MR) is 79.6 cm³/mol. The highest BCUT2D eigenvalue weighted by Gasteiger charge is 2.15. The van der Waals surface area contributed by atoms with Gasteiger partial charge in [0, 0.05) is 29.3 Å². The van der Waals surface area contributed by atoms with Gasteiger partial charge in [-0.15, -0.1) is 0 Å². The van der Waals surface area contributed by atoms with Gasteiger partial charge in [0.25, 0.3) is 0 Å². The Morgan fingerprint density at radius 2 is 2.05 bits per heavy atom. The molecule has 0 unspecified atom stereocenters. The first kappa shape index (κ1) is 13.5. The minimum absolute atomic E-state index is 0.201. The Bertz CT molecular complexity index is 602. The van der Waals surface area contributed by atoms with Crippen molar-refractivity contribution in [2.75, 3.05) is 5.73 Å². The van der Waals surface area contributed by atoms with Gasteiger partial charge in [-0.3, -0.25) is 0 Å². The number of hydrogen-bond acceptors (Lipinski definition) is 2. The van der Waals surface area contributed by atoms with E-state index in [4.69, 9.17) is 11.0 Å². The molecule has 100 valence electrons. The molecule has 0 bridgehead atoms. The number of benzene rings is 1. The number of aromatic nitrogens is 1. The monoisotopic (exact) mass is 255 g/mol. The number of fused-ring (bicyclic) bond motifs is 1. The first-order valence-corrected chi connectivity index (χ1v) is 6.77. The molecule has 0 radical (unpaired) electrons. The first-order chi connectivity index (χ1) is 9.02. The van der Waals surface area contributed by atoms with Crippen molar-refractivity contribution in [3.05, 3.63) is 30.5 Å². The second-order valence-electron chi connectivity index (χ2n) is 5.78. The molecule has 19 heavy (non-hydrogen) atoms. The summed E-state index contributed by atoms with van der Waals surface area (Å²) < 4.78 is 2.26. The van der Waals surface area contributed by atoms with Gasteiger partial charge in [-0.2, -0.15) is 5.26 Å². The fraction of sp³-hybridized carbons (Fsp3) is 0.438. The Hall–Kier alpha value is -1.95. The first-order valence-electron chi connectivity index (χ1n) is 6.77. The van der Waals surface area contributed by atoms with Crippen molar-refractivity contribution in [1.29, 1.82) is 5.26 Å². The molecule has 0 saturated carbocycles. The van der Waals surface area contributed by atoms with Gasteiger partial charge in [-0.05, 0) is 51.0 Å². The van der Waals surface area contributed by atoms with E-state index < -0.39 is 0 Å². The number of rotatable bonds is 5. The summed E-state index contributed by atoms with van der Waals surface area (Å²) in [6.45, 7) is 5.00. The van der Waals surface area contributed by atoms with Crippen LogP contribution in [0, 0.1) is 16.7 Å². The maximum absolute atomic E-state index is 8.98. The predicted octanol–water partition coefficient (Wildman–Crippen LogP) is 3.94. The fourth-order valence-corrected chi connectivity index (χ4v) is 2.32. The SMILES string of the molecule is CC(C)(C#N)CCCCn1ccc2cc(N)ccc21. The molecule has 1 aromatic heterocycles. The number of unbranched alkanes of at least 4 members (excludes halogenated alkanes) is 1. The van der Waals surface area contributed by atoms with Crippen LogP contribution >= 0.6 is 0 Å². The summed E-state index contributed by atoms with van der Waals surface area (Å²) in [6, 6.07) is 10.5. The Morgan fingerprint density at radius 1 is 1.26 bits per heavy atom. The van der Waals surface area contributed by atoms with Crippen molar-refractivity contribution in [2.24, 2.45) is 5.41 Å². The maximum atomic E-state index is 8.98. The second-order valence-corrected chi connectivity index (χ2v) is 5.78. The minimum atomic E-state index is -0.201. The van der Waals surface area contributed by atoms with Gasteiger partial charge in [-0.25, -0.2) is 0 Å². The molecule has 2 aromatic rings. The number of nitriles is 1. The van der Waals surface area contributed by atoms with E-state index in [-0.39, 0.29) is 5.41 Å². The Morgan fingerprint density at radius 3 is 2.79 bits per heavy atom. The van der Waals surface area contributed by atoms with Crippen molar-refractivity contribution < 1.29 is 0 Å². The summed E-state index contributed by atoms with van der Waals surface area (Å²) in [7, 11) is 0. The van der Waals surface area contributed by atoms with Crippen LogP contribution in [0.3, 0.4) is 0 Å². The Labute approximate surface area is 114 Å². The molecule has 0 atom stereocenters. The molecule has 0 aliphatic rings. The van der Waals surface area contributed by atoms with Crippen LogP contribution in [0.1, 0.15) is 33.1 Å². The lowest BCUT2D eigenvalue weighted by atomic mass is 9.89. The van der Waals surface area contributed by atoms with Gasteiger partial charge in [0.15, 0.2) is 0 Å². The van der Waals surface area contributed by atoms with Crippen LogP contribution in [0.25, 0.3) is 10.9 Å². The van der Waals surface area contributed by atoms with Crippen LogP contribution in [0.15, 0.2) is 30.5 Å². The van der Waals surface area contributed by atoms with E-state index in [1.807, 2.05) is 26.0 Å². The van der Waals surface area contributed by atoms with E-state index in [9.17, 15) is 0 Å². The third-order valence-electron chi connectivity index (χ3n) is 3.55. The smallest absolute Gasteiger partial charge is 0.0683 e. The number of anilines is 1. The molecule has 1 aromatic carbocycles. The average molecular weight is 255 g/mol. The van der Waals surface area contributed by atoms with E-state index in [2.05, 4.69) is 29.0 Å². The molecule has 0 saturated heterocycles. The standard InChI is InChI=1S/C16H21N3/c1-16(2,12-17)8-3-4-9-19-10-7-13-11-14(18)5-6-15(13)19/h5-7,10-11H,3-4,8-9,18H2,1-2H3. The van der Waals surface area contributed by atoms with E-state index >= 15 is 0 Å². The normalized spacial score (nSPS) is 11.6. The lowest BCUT2D eigenvalue weighted by Crippen LogP contribution is -2.08.